The van der Waals surface area contributed by atoms with Gasteiger partial charge in [0, 0.05) is 11.6 Å². The van der Waals surface area contributed by atoms with Gasteiger partial charge in [-0.3, -0.25) is 9.59 Å². The Morgan fingerprint density at radius 2 is 1.18 bits per heavy atom. The minimum Gasteiger partial charge on any atom is -0.465 e. The van der Waals surface area contributed by atoms with Crippen molar-refractivity contribution in [1.82, 2.24) is 0 Å². The highest BCUT2D eigenvalue weighted by Crippen LogP contribution is 2.63. The third-order valence-electron chi connectivity index (χ3n) is 14.2. The van der Waals surface area contributed by atoms with Crippen molar-refractivity contribution in [3.63, 3.8) is 0 Å². The number of carbonyl (C=O) groups is 4. The Kier molecular flexibility index (Phi) is 12.2. The van der Waals surface area contributed by atoms with Gasteiger partial charge in [-0.1, -0.05) is 39.2 Å². The van der Waals surface area contributed by atoms with Gasteiger partial charge in [0.2, 0.25) is 0 Å². The molecule has 6 saturated carbocycles. The maximum Gasteiger partial charge on any atom is 0.333 e. The molecule has 0 aromatic rings. The quantitative estimate of drug-likeness (QED) is 0.0654. The Hall–Kier alpha value is -2.90. The number of hydrogen-bond donors (Lipinski definition) is 0. The van der Waals surface area contributed by atoms with Crippen molar-refractivity contribution in [2.45, 2.75) is 91.9 Å². The second-order valence-electron chi connectivity index (χ2n) is 17.8. The highest BCUT2D eigenvalue weighted by molar-refractivity contribution is 5.87. The fourth-order valence-corrected chi connectivity index (χ4v) is 12.1. The number of rotatable bonds is 17. The van der Waals surface area contributed by atoms with Gasteiger partial charge in [0.1, 0.15) is 0 Å². The van der Waals surface area contributed by atoms with Crippen LogP contribution >= 0.6 is 0 Å². The monoisotopic (exact) mass is 706 g/mol. The summed E-state index contributed by atoms with van der Waals surface area (Å²) in [6.07, 6.45) is 15.1. The Bertz CT molecular complexity index is 1350. The van der Waals surface area contributed by atoms with Crippen LogP contribution in [0.3, 0.4) is 0 Å². The molecule has 6 aliphatic carbocycles. The van der Waals surface area contributed by atoms with Gasteiger partial charge in [-0.2, -0.15) is 0 Å². The standard InChI is InChI=1S/C43H62O8/c1-7-9-10-32(42(46)51-23-31-17-29-19-36(31)37-14-26(12-33(29)37)20-48-40(44)8-2)39(11-24(3)4)43(47)49-21-27-13-34-28-16-30(22-50-41(45)25(5)6)35(18-28)38(34)15-27/h7-9,24,26-39H,2,5,10-23H2,1,3-4,6H3/b9-7+/t26?,27?,28?,29?,30?,31?,32?,33?,34-,35?,36?,37?,38?,39?/m1/s1. The Morgan fingerprint density at radius 3 is 1.71 bits per heavy atom. The average Bonchev–Trinajstić information content (AvgIpc) is 3.95. The molecule has 0 aliphatic heterocycles. The molecule has 0 amide bonds. The van der Waals surface area contributed by atoms with Gasteiger partial charge in [-0.15, -0.1) is 0 Å². The zero-order valence-electron chi connectivity index (χ0n) is 31.5. The molecule has 282 valence electrons. The first-order valence-electron chi connectivity index (χ1n) is 20.0. The molecule has 8 heteroatoms. The van der Waals surface area contributed by atoms with Crippen LogP contribution in [-0.2, 0) is 38.1 Å². The number of carbonyl (C=O) groups excluding carboxylic acids is 4. The maximum atomic E-state index is 13.9. The maximum absolute atomic E-state index is 13.9. The highest BCUT2D eigenvalue weighted by Gasteiger charge is 2.57. The summed E-state index contributed by atoms with van der Waals surface area (Å²) in [4.78, 5) is 51.4. The van der Waals surface area contributed by atoms with Crippen molar-refractivity contribution in [1.29, 1.82) is 0 Å². The van der Waals surface area contributed by atoms with Gasteiger partial charge < -0.3 is 18.9 Å². The summed E-state index contributed by atoms with van der Waals surface area (Å²) in [5.41, 5.74) is 0.444. The van der Waals surface area contributed by atoms with E-state index in [0.717, 1.165) is 38.5 Å². The summed E-state index contributed by atoms with van der Waals surface area (Å²) >= 11 is 0. The molecule has 6 rings (SSSR count). The summed E-state index contributed by atoms with van der Waals surface area (Å²) < 4.78 is 23.2. The minimum atomic E-state index is -0.570. The topological polar surface area (TPSA) is 105 Å². The molecule has 4 bridgehead atoms. The molecule has 0 radical (unpaired) electrons. The first-order valence-corrected chi connectivity index (χ1v) is 20.0. The van der Waals surface area contributed by atoms with Crippen LogP contribution in [0.4, 0.5) is 0 Å². The van der Waals surface area contributed by atoms with Gasteiger partial charge in [-0.05, 0) is 155 Å². The molecule has 51 heavy (non-hydrogen) atoms. The van der Waals surface area contributed by atoms with E-state index in [0.29, 0.717) is 116 Å². The first kappa shape index (κ1) is 37.8. The fourth-order valence-electron chi connectivity index (χ4n) is 12.1. The molecule has 0 heterocycles. The van der Waals surface area contributed by atoms with Crippen molar-refractivity contribution >= 4 is 23.9 Å². The SMILES string of the molecule is C=CC(=O)OCC1CC2C3CC(COC(=O)C(C/C=C/C)C(CC(C)C)C(=O)OCC4CC5C6CC(CC6COC(=O)C(=C)C)[C@H]5C4)C(C3)C2C1. The summed E-state index contributed by atoms with van der Waals surface area (Å²) in [6, 6.07) is 0. The Balaban J connectivity index is 1.01. The van der Waals surface area contributed by atoms with E-state index in [4.69, 9.17) is 18.9 Å². The largest absolute Gasteiger partial charge is 0.465 e. The highest BCUT2D eigenvalue weighted by atomic mass is 16.5. The lowest BCUT2D eigenvalue weighted by molar-refractivity contribution is -0.163. The number of ether oxygens (including phenoxy) is 4. The van der Waals surface area contributed by atoms with Crippen molar-refractivity contribution in [3.8, 4) is 0 Å². The third kappa shape index (κ3) is 8.35. The van der Waals surface area contributed by atoms with Crippen LogP contribution in [-0.4, -0.2) is 50.3 Å². The van der Waals surface area contributed by atoms with E-state index in [2.05, 4.69) is 27.0 Å². The van der Waals surface area contributed by atoms with E-state index in [9.17, 15) is 19.2 Å². The van der Waals surface area contributed by atoms with Crippen molar-refractivity contribution in [3.05, 3.63) is 37.0 Å². The predicted octanol–water partition coefficient (Wildman–Crippen LogP) is 7.76. The van der Waals surface area contributed by atoms with Gasteiger partial charge in [0.15, 0.2) is 0 Å². The number of fused-ring (bicyclic) bond motifs is 10. The molecular formula is C43H62O8. The lowest BCUT2D eigenvalue weighted by Gasteiger charge is -2.32. The molecule has 0 spiro atoms. The third-order valence-corrected chi connectivity index (χ3v) is 14.2. The predicted molar refractivity (Wildman–Crippen MR) is 194 cm³/mol. The number of esters is 4. The van der Waals surface area contributed by atoms with Crippen molar-refractivity contribution in [2.75, 3.05) is 26.4 Å². The van der Waals surface area contributed by atoms with Crippen LogP contribution in [0.2, 0.25) is 0 Å². The van der Waals surface area contributed by atoms with Crippen LogP contribution < -0.4 is 0 Å². The number of allylic oxidation sites excluding steroid dienone is 2. The number of hydrogen-bond acceptors (Lipinski definition) is 8. The molecule has 8 nitrogen and oxygen atoms in total. The van der Waals surface area contributed by atoms with Gasteiger partial charge in [-0.25, -0.2) is 9.59 Å². The molecular weight excluding hydrogens is 644 g/mol. The smallest absolute Gasteiger partial charge is 0.333 e. The van der Waals surface area contributed by atoms with Gasteiger partial charge >= 0.3 is 23.9 Å². The molecule has 0 N–H and O–H groups in total. The van der Waals surface area contributed by atoms with Gasteiger partial charge in [0.05, 0.1) is 38.3 Å². The molecule has 0 aromatic heterocycles. The summed E-state index contributed by atoms with van der Waals surface area (Å²) in [6.45, 7) is 16.8. The van der Waals surface area contributed by atoms with Crippen LogP contribution in [0.25, 0.3) is 0 Å². The lowest BCUT2D eigenvalue weighted by Crippen LogP contribution is -2.35. The lowest BCUT2D eigenvalue weighted by atomic mass is 9.76. The molecule has 6 fully saturated rings. The van der Waals surface area contributed by atoms with E-state index in [1.54, 1.807) is 6.92 Å². The average molecular weight is 707 g/mol. The zero-order valence-corrected chi connectivity index (χ0v) is 31.5. The zero-order chi connectivity index (χ0) is 36.4. The summed E-state index contributed by atoms with van der Waals surface area (Å²) in [5, 5.41) is 0. The Morgan fingerprint density at radius 1 is 0.667 bits per heavy atom. The van der Waals surface area contributed by atoms with E-state index < -0.39 is 11.8 Å². The Labute approximate surface area is 305 Å². The van der Waals surface area contributed by atoms with Crippen molar-refractivity contribution in [2.24, 2.45) is 88.8 Å². The molecule has 0 saturated heterocycles. The second kappa shape index (κ2) is 16.4. The summed E-state index contributed by atoms with van der Waals surface area (Å²) in [7, 11) is 0. The molecule has 6 aliphatic rings. The van der Waals surface area contributed by atoms with E-state index >= 15 is 0 Å². The fraction of sp³-hybridized carbons (Fsp3) is 0.767. The molecule has 13 unspecified atom stereocenters. The summed E-state index contributed by atoms with van der Waals surface area (Å²) in [5.74, 6) is 4.42. The van der Waals surface area contributed by atoms with E-state index in [-0.39, 0.29) is 29.8 Å². The van der Waals surface area contributed by atoms with Gasteiger partial charge in [0.25, 0.3) is 0 Å². The van der Waals surface area contributed by atoms with Crippen molar-refractivity contribution < 1.29 is 38.1 Å². The van der Waals surface area contributed by atoms with Crippen LogP contribution in [0.1, 0.15) is 91.9 Å². The first-order chi connectivity index (χ1) is 24.5. The second-order valence-corrected chi connectivity index (χ2v) is 17.8. The van der Waals surface area contributed by atoms with Crippen LogP contribution in [0.15, 0.2) is 37.0 Å². The minimum absolute atomic E-state index is 0.226. The van der Waals surface area contributed by atoms with E-state index in [1.807, 2.05) is 19.1 Å². The van der Waals surface area contributed by atoms with Crippen LogP contribution in [0, 0.1) is 88.8 Å². The van der Waals surface area contributed by atoms with E-state index in [1.165, 1.54) is 18.9 Å². The molecule has 14 atom stereocenters. The normalized spacial score (nSPS) is 36.9. The molecule has 0 aromatic carbocycles. The van der Waals surface area contributed by atoms with Crippen LogP contribution in [0.5, 0.6) is 0 Å².